The van der Waals surface area contributed by atoms with Gasteiger partial charge in [0.25, 0.3) is 0 Å². The fraction of sp³-hybridized carbons (Fsp3) is 1.00. The number of phosphoric acid groups is 1. The summed E-state index contributed by atoms with van der Waals surface area (Å²) in [6.45, 7) is -2.10. The van der Waals surface area contributed by atoms with E-state index in [1.165, 1.54) is 0 Å². The van der Waals surface area contributed by atoms with Gasteiger partial charge in [-0.25, -0.2) is 0 Å². The van der Waals surface area contributed by atoms with E-state index in [0.29, 0.717) is 0 Å². The molecule has 10 nitrogen and oxygen atoms in total. The van der Waals surface area contributed by atoms with Crippen LogP contribution in [0.15, 0.2) is 0 Å². The van der Waals surface area contributed by atoms with Crippen molar-refractivity contribution in [3.05, 3.63) is 0 Å². The van der Waals surface area contributed by atoms with Crippen LogP contribution in [0.5, 0.6) is 0 Å². The number of rotatable bonds is 4. The molecule has 0 bridgehead atoms. The zero-order chi connectivity index (χ0) is 14.1. The smallest absolute Gasteiger partial charge is 0.790 e. The van der Waals surface area contributed by atoms with Crippen molar-refractivity contribution < 1.29 is 49.1 Å². The second-order valence-electron chi connectivity index (χ2n) is 3.83. The number of ether oxygens (including phenoxy) is 1. The van der Waals surface area contributed by atoms with Gasteiger partial charge in [0.05, 0.1) is 21.0 Å². The molecule has 0 radical (unpaired) electrons. The van der Waals surface area contributed by atoms with Crippen LogP contribution < -0.4 is 9.79 Å². The molecule has 1 saturated heterocycles. The van der Waals surface area contributed by atoms with E-state index in [0.717, 1.165) is 0 Å². The van der Waals surface area contributed by atoms with E-state index in [1.54, 1.807) is 0 Å². The zero-order valence-corrected chi connectivity index (χ0v) is 15.0. The quantitative estimate of drug-likeness (QED) is 0.215. The molecular formula is C7H13BaO10P. The summed E-state index contributed by atoms with van der Waals surface area (Å²) < 4.78 is 18.7. The molecule has 0 aliphatic carbocycles. The molecule has 0 aromatic carbocycles. The molecular weight excluding hydrogens is 412 g/mol. The SMILES string of the molecule is O=P([O-])([O-])OC[C@H]1O[C@](O)(CO)[C@@H](O)[C@H](O)[C@@H]1O.[Ba+2]. The Kier molecular flexibility index (Phi) is 8.21. The summed E-state index contributed by atoms with van der Waals surface area (Å²) in [6, 6.07) is 0. The summed E-state index contributed by atoms with van der Waals surface area (Å²) in [4.78, 5) is 20.5. The normalized spacial score (nSPS) is 39.7. The van der Waals surface area contributed by atoms with Crippen molar-refractivity contribution >= 4 is 56.7 Å². The van der Waals surface area contributed by atoms with E-state index in [2.05, 4.69) is 9.26 Å². The van der Waals surface area contributed by atoms with Crippen molar-refractivity contribution in [3.63, 3.8) is 0 Å². The molecule has 0 spiro atoms. The molecule has 0 amide bonds. The first kappa shape index (κ1) is 20.4. The minimum absolute atomic E-state index is 0. The topological polar surface area (TPSA) is 183 Å². The maximum atomic E-state index is 10.2. The number of hydrogen-bond acceptors (Lipinski definition) is 10. The van der Waals surface area contributed by atoms with E-state index in [-0.39, 0.29) is 48.9 Å². The third kappa shape index (κ3) is 5.29. The van der Waals surface area contributed by atoms with Crippen LogP contribution in [0.1, 0.15) is 0 Å². The summed E-state index contributed by atoms with van der Waals surface area (Å²) in [6.07, 6.45) is -7.35. The van der Waals surface area contributed by atoms with Gasteiger partial charge in [-0.3, -0.25) is 0 Å². The van der Waals surface area contributed by atoms with Gasteiger partial charge in [-0.2, -0.15) is 0 Å². The standard InChI is InChI=1S/C7H15O10P.Ba/c8-2-7(12)6(11)5(10)4(9)3(17-7)1-16-18(13,14)15;/h3-6,8-12H,1-2H2,(H2,13,14,15);/q;+2/p-2/t3-,4-,5-,6+,7-;/m1./s1. The van der Waals surface area contributed by atoms with Crippen LogP contribution in [0.25, 0.3) is 0 Å². The number of aliphatic hydroxyl groups is 5. The summed E-state index contributed by atoms with van der Waals surface area (Å²) in [5, 5.41) is 46.5. The van der Waals surface area contributed by atoms with Crippen LogP contribution in [0, 0.1) is 0 Å². The van der Waals surface area contributed by atoms with Gasteiger partial charge in [0.2, 0.25) is 5.79 Å². The van der Waals surface area contributed by atoms with Gasteiger partial charge in [0, 0.05) is 0 Å². The zero-order valence-electron chi connectivity index (χ0n) is 9.66. The van der Waals surface area contributed by atoms with Gasteiger partial charge in [0.15, 0.2) is 0 Å². The number of hydrogen-bond donors (Lipinski definition) is 5. The fourth-order valence-corrected chi connectivity index (χ4v) is 1.83. The molecule has 5 atom stereocenters. The fourth-order valence-electron chi connectivity index (χ4n) is 1.50. The van der Waals surface area contributed by atoms with Crippen molar-refractivity contribution in [1.82, 2.24) is 0 Å². The van der Waals surface area contributed by atoms with Gasteiger partial charge in [-0.1, -0.05) is 0 Å². The molecule has 19 heavy (non-hydrogen) atoms. The Labute approximate surface area is 148 Å². The van der Waals surface area contributed by atoms with Crippen molar-refractivity contribution in [3.8, 4) is 0 Å². The molecule has 1 rings (SSSR count). The molecule has 1 aliphatic heterocycles. The van der Waals surface area contributed by atoms with Gasteiger partial charge in [-0.05, 0) is 0 Å². The van der Waals surface area contributed by atoms with Crippen LogP contribution in [-0.4, -0.2) is 118 Å². The summed E-state index contributed by atoms with van der Waals surface area (Å²) in [5.74, 6) is -2.59. The Balaban J connectivity index is 0.00000324. The summed E-state index contributed by atoms with van der Waals surface area (Å²) in [5.41, 5.74) is 0. The van der Waals surface area contributed by atoms with Gasteiger partial charge in [-0.15, -0.1) is 0 Å². The number of phosphoric ester groups is 1. The maximum Gasteiger partial charge on any atom is 2.00 e. The molecule has 0 saturated carbocycles. The molecule has 0 unspecified atom stereocenters. The average Bonchev–Trinajstić information content (AvgIpc) is 2.28. The third-order valence-corrected chi connectivity index (χ3v) is 2.96. The van der Waals surface area contributed by atoms with Crippen LogP contribution in [0.2, 0.25) is 0 Å². The Bertz CT molecular complexity index is 336. The first-order chi connectivity index (χ1) is 8.10. The first-order valence-electron chi connectivity index (χ1n) is 4.82. The van der Waals surface area contributed by atoms with Gasteiger partial charge in [0.1, 0.15) is 24.4 Å². The summed E-state index contributed by atoms with van der Waals surface area (Å²) in [7, 11) is -5.32. The van der Waals surface area contributed by atoms with E-state index in [1.807, 2.05) is 0 Å². The van der Waals surface area contributed by atoms with Crippen LogP contribution in [-0.2, 0) is 13.8 Å². The van der Waals surface area contributed by atoms with Crippen molar-refractivity contribution in [2.24, 2.45) is 0 Å². The molecule has 1 fully saturated rings. The molecule has 1 heterocycles. The van der Waals surface area contributed by atoms with E-state index in [9.17, 15) is 34.8 Å². The molecule has 1 aliphatic rings. The Morgan fingerprint density at radius 3 is 2.21 bits per heavy atom. The Morgan fingerprint density at radius 1 is 1.26 bits per heavy atom. The summed E-state index contributed by atoms with van der Waals surface area (Å²) >= 11 is 0. The molecule has 108 valence electrons. The molecule has 0 aromatic heterocycles. The third-order valence-electron chi connectivity index (χ3n) is 2.50. The van der Waals surface area contributed by atoms with Crippen molar-refractivity contribution in [1.29, 1.82) is 0 Å². The van der Waals surface area contributed by atoms with Crippen LogP contribution >= 0.6 is 7.82 Å². The van der Waals surface area contributed by atoms with Gasteiger partial charge < -0.3 is 49.1 Å². The second kappa shape index (κ2) is 7.63. The second-order valence-corrected chi connectivity index (χ2v) is 4.98. The predicted octanol–water partition coefficient (Wildman–Crippen LogP) is -5.39. The number of aliphatic hydroxyl groups excluding tert-OH is 4. The minimum atomic E-state index is -5.32. The van der Waals surface area contributed by atoms with Gasteiger partial charge >= 0.3 is 48.9 Å². The Hall–Kier alpha value is 1.44. The largest absolute Gasteiger partial charge is 2.00 e. The van der Waals surface area contributed by atoms with Crippen LogP contribution in [0.4, 0.5) is 0 Å². The van der Waals surface area contributed by atoms with E-state index in [4.69, 9.17) is 5.11 Å². The average molecular weight is 425 g/mol. The van der Waals surface area contributed by atoms with E-state index < -0.39 is 51.2 Å². The monoisotopic (exact) mass is 426 g/mol. The Morgan fingerprint density at radius 2 is 1.79 bits per heavy atom. The van der Waals surface area contributed by atoms with E-state index >= 15 is 0 Å². The maximum absolute atomic E-state index is 10.2. The first-order valence-corrected chi connectivity index (χ1v) is 6.28. The molecule has 5 N–H and O–H groups in total. The molecule has 0 aromatic rings. The van der Waals surface area contributed by atoms with Crippen molar-refractivity contribution in [2.45, 2.75) is 30.2 Å². The molecule has 12 heteroatoms. The predicted molar refractivity (Wildman–Crippen MR) is 54.2 cm³/mol. The minimum Gasteiger partial charge on any atom is -0.790 e. The van der Waals surface area contributed by atoms with Crippen molar-refractivity contribution in [2.75, 3.05) is 13.2 Å². The van der Waals surface area contributed by atoms with Crippen LogP contribution in [0.3, 0.4) is 0 Å².